The van der Waals surface area contributed by atoms with Gasteiger partial charge in [-0.1, -0.05) is 0 Å². The molecule has 1 aromatic heterocycles. The lowest BCUT2D eigenvalue weighted by Gasteiger charge is -2.02. The fourth-order valence-corrected chi connectivity index (χ4v) is 0.853. The molecule has 3 heteroatoms. The van der Waals surface area contributed by atoms with Crippen molar-refractivity contribution in [2.24, 2.45) is 0 Å². The summed E-state index contributed by atoms with van der Waals surface area (Å²) in [4.78, 5) is 11.1. The maximum atomic E-state index is 11.1. The quantitative estimate of drug-likeness (QED) is 0.628. The maximum absolute atomic E-state index is 11.1. The van der Waals surface area contributed by atoms with E-state index < -0.39 is 0 Å². The van der Waals surface area contributed by atoms with Gasteiger partial charge in [-0.2, -0.15) is 0 Å². The molecule has 0 radical (unpaired) electrons. The zero-order valence-corrected chi connectivity index (χ0v) is 6.70. The molecule has 1 aromatic rings. The van der Waals surface area contributed by atoms with E-state index in [2.05, 4.69) is 0 Å². The minimum atomic E-state index is -0.0214. The van der Waals surface area contributed by atoms with Gasteiger partial charge < -0.3 is 4.74 Å². The Morgan fingerprint density at radius 2 is 2.36 bits per heavy atom. The zero-order valence-electron chi connectivity index (χ0n) is 6.70. The summed E-state index contributed by atoms with van der Waals surface area (Å²) >= 11 is 0. The van der Waals surface area contributed by atoms with Gasteiger partial charge in [0.15, 0.2) is 0 Å². The fourth-order valence-electron chi connectivity index (χ4n) is 0.853. The highest BCUT2D eigenvalue weighted by atomic mass is 16.5. The van der Waals surface area contributed by atoms with E-state index in [1.807, 2.05) is 13.0 Å². The summed E-state index contributed by atoms with van der Waals surface area (Å²) < 4.78 is 6.32. The van der Waals surface area contributed by atoms with Crippen LogP contribution in [0, 0.1) is 6.92 Å². The van der Waals surface area contributed by atoms with Crippen molar-refractivity contribution in [2.45, 2.75) is 13.7 Å². The van der Waals surface area contributed by atoms with Gasteiger partial charge in [-0.3, -0.25) is 9.36 Å². The predicted molar refractivity (Wildman–Crippen MR) is 42.4 cm³/mol. The van der Waals surface area contributed by atoms with Crippen molar-refractivity contribution in [3.63, 3.8) is 0 Å². The number of aromatic nitrogens is 1. The predicted octanol–water partition coefficient (Wildman–Crippen LogP) is 0.761. The van der Waals surface area contributed by atoms with Crippen molar-refractivity contribution < 1.29 is 4.74 Å². The van der Waals surface area contributed by atoms with Crippen molar-refractivity contribution in [2.75, 3.05) is 7.11 Å². The highest BCUT2D eigenvalue weighted by Crippen LogP contribution is 1.90. The van der Waals surface area contributed by atoms with Crippen LogP contribution < -0.4 is 5.56 Å². The Bertz CT molecular complexity index is 290. The van der Waals surface area contributed by atoms with Gasteiger partial charge in [0.1, 0.15) is 6.73 Å². The van der Waals surface area contributed by atoms with E-state index in [0.717, 1.165) is 5.56 Å². The maximum Gasteiger partial charge on any atom is 0.252 e. The third-order valence-corrected chi connectivity index (χ3v) is 1.42. The van der Waals surface area contributed by atoms with Crippen LogP contribution in [0.2, 0.25) is 0 Å². The number of hydrogen-bond acceptors (Lipinski definition) is 2. The molecule has 3 nitrogen and oxygen atoms in total. The molecule has 0 bridgehead atoms. The monoisotopic (exact) mass is 153 g/mol. The first-order valence-corrected chi connectivity index (χ1v) is 3.40. The molecule has 0 amide bonds. The van der Waals surface area contributed by atoms with Gasteiger partial charge in [0.05, 0.1) is 0 Å². The van der Waals surface area contributed by atoms with Crippen LogP contribution in [0.25, 0.3) is 0 Å². The Morgan fingerprint density at radius 3 is 2.91 bits per heavy atom. The summed E-state index contributed by atoms with van der Waals surface area (Å²) in [5.74, 6) is 0. The molecule has 0 saturated heterocycles. The minimum Gasteiger partial charge on any atom is -0.364 e. The summed E-state index contributed by atoms with van der Waals surface area (Å²) in [6.07, 6.45) is 1.72. The van der Waals surface area contributed by atoms with Gasteiger partial charge >= 0.3 is 0 Å². The van der Waals surface area contributed by atoms with Crippen molar-refractivity contribution in [3.8, 4) is 0 Å². The lowest BCUT2D eigenvalue weighted by atomic mass is 10.3. The van der Waals surface area contributed by atoms with E-state index in [4.69, 9.17) is 4.74 Å². The first-order chi connectivity index (χ1) is 5.24. The normalized spacial score (nSPS) is 10.0. The van der Waals surface area contributed by atoms with E-state index in [9.17, 15) is 4.79 Å². The highest BCUT2D eigenvalue weighted by molar-refractivity contribution is 5.07. The van der Waals surface area contributed by atoms with Gasteiger partial charge in [-0.15, -0.1) is 0 Å². The van der Waals surface area contributed by atoms with Crippen LogP contribution in [0.5, 0.6) is 0 Å². The van der Waals surface area contributed by atoms with E-state index in [1.54, 1.807) is 19.4 Å². The fraction of sp³-hybridized carbons (Fsp3) is 0.375. The first-order valence-electron chi connectivity index (χ1n) is 3.40. The van der Waals surface area contributed by atoms with Crippen molar-refractivity contribution in [1.82, 2.24) is 4.57 Å². The summed E-state index contributed by atoms with van der Waals surface area (Å²) in [6.45, 7) is 2.21. The number of aryl methyl sites for hydroxylation is 1. The highest BCUT2D eigenvalue weighted by Gasteiger charge is 1.92. The van der Waals surface area contributed by atoms with Crippen LogP contribution in [0.3, 0.4) is 0 Å². The molecule has 0 atom stereocenters. The lowest BCUT2D eigenvalue weighted by Crippen LogP contribution is -2.19. The van der Waals surface area contributed by atoms with Crippen molar-refractivity contribution in [3.05, 3.63) is 34.2 Å². The number of nitrogens with zero attached hydrogens (tertiary/aromatic N) is 1. The summed E-state index contributed by atoms with van der Waals surface area (Å²) in [5, 5.41) is 0. The van der Waals surface area contributed by atoms with Crippen LogP contribution >= 0.6 is 0 Å². The van der Waals surface area contributed by atoms with Crippen LogP contribution in [0.1, 0.15) is 5.56 Å². The van der Waals surface area contributed by atoms with Gasteiger partial charge in [0.25, 0.3) is 5.56 Å². The van der Waals surface area contributed by atoms with Crippen LogP contribution in [0.4, 0.5) is 0 Å². The molecule has 60 valence electrons. The SMILES string of the molecule is COCn1ccc(C)cc1=O. The molecular weight excluding hydrogens is 142 g/mol. The van der Waals surface area contributed by atoms with Gasteiger partial charge in [-0.25, -0.2) is 0 Å². The summed E-state index contributed by atoms with van der Waals surface area (Å²) in [5.41, 5.74) is 0.953. The number of methoxy groups -OCH3 is 1. The average molecular weight is 153 g/mol. The Hall–Kier alpha value is -1.09. The second-order valence-electron chi connectivity index (χ2n) is 2.43. The molecule has 0 fully saturated rings. The molecular formula is C8H11NO2. The van der Waals surface area contributed by atoms with Crippen LogP contribution in [-0.4, -0.2) is 11.7 Å². The standard InChI is InChI=1S/C8H11NO2/c1-7-3-4-9(6-11-2)8(10)5-7/h3-5H,6H2,1-2H3. The van der Waals surface area contributed by atoms with E-state index in [1.165, 1.54) is 4.57 Å². The van der Waals surface area contributed by atoms with Gasteiger partial charge in [0, 0.05) is 19.4 Å². The molecule has 0 spiro atoms. The second kappa shape index (κ2) is 3.34. The summed E-state index contributed by atoms with van der Waals surface area (Å²) in [7, 11) is 1.56. The smallest absolute Gasteiger partial charge is 0.252 e. The Kier molecular flexibility index (Phi) is 2.44. The van der Waals surface area contributed by atoms with Gasteiger partial charge in [-0.05, 0) is 18.6 Å². The lowest BCUT2D eigenvalue weighted by molar-refractivity contribution is 0.128. The Labute approximate surface area is 65.2 Å². The molecule has 0 saturated carbocycles. The third-order valence-electron chi connectivity index (χ3n) is 1.42. The summed E-state index contributed by atoms with van der Waals surface area (Å²) in [6, 6.07) is 3.46. The molecule has 0 aliphatic carbocycles. The van der Waals surface area contributed by atoms with Crippen LogP contribution in [0.15, 0.2) is 23.1 Å². The molecule has 11 heavy (non-hydrogen) atoms. The van der Waals surface area contributed by atoms with E-state index in [-0.39, 0.29) is 5.56 Å². The van der Waals surface area contributed by atoms with Crippen molar-refractivity contribution >= 4 is 0 Å². The average Bonchev–Trinajstić information content (AvgIpc) is 1.95. The molecule has 0 aliphatic heterocycles. The number of ether oxygens (including phenoxy) is 1. The molecule has 0 unspecified atom stereocenters. The second-order valence-corrected chi connectivity index (χ2v) is 2.43. The van der Waals surface area contributed by atoms with E-state index in [0.29, 0.717) is 6.73 Å². The molecule has 0 aromatic carbocycles. The van der Waals surface area contributed by atoms with Crippen molar-refractivity contribution in [1.29, 1.82) is 0 Å². The van der Waals surface area contributed by atoms with E-state index >= 15 is 0 Å². The largest absolute Gasteiger partial charge is 0.364 e. The molecule has 0 N–H and O–H groups in total. The topological polar surface area (TPSA) is 31.2 Å². The zero-order chi connectivity index (χ0) is 8.27. The number of hydrogen-bond donors (Lipinski definition) is 0. The first kappa shape index (κ1) is 8.01. The van der Waals surface area contributed by atoms with Crippen LogP contribution in [-0.2, 0) is 11.5 Å². The molecule has 1 heterocycles. The van der Waals surface area contributed by atoms with Gasteiger partial charge in [0.2, 0.25) is 0 Å². The third kappa shape index (κ3) is 1.91. The Balaban J connectivity index is 3.00. The minimum absolute atomic E-state index is 0.0214. The number of rotatable bonds is 2. The number of pyridine rings is 1. The Morgan fingerprint density at radius 1 is 1.64 bits per heavy atom. The molecule has 1 rings (SSSR count). The molecule has 0 aliphatic rings.